The lowest BCUT2D eigenvalue weighted by Crippen LogP contribution is -2.43. The van der Waals surface area contributed by atoms with Crippen molar-refractivity contribution in [2.45, 2.75) is 6.92 Å². The Balaban J connectivity index is 1.65. The number of anilines is 1. The van der Waals surface area contributed by atoms with Crippen LogP contribution in [0.3, 0.4) is 0 Å². The van der Waals surface area contributed by atoms with Gasteiger partial charge in [-0.25, -0.2) is 0 Å². The molecule has 0 aliphatic carbocycles. The molecule has 0 saturated carbocycles. The normalized spacial score (nSPS) is 13.5. The molecule has 0 unspecified atom stereocenters. The Morgan fingerprint density at radius 2 is 1.77 bits per heavy atom. The lowest BCUT2D eigenvalue weighted by Gasteiger charge is -2.26. The van der Waals surface area contributed by atoms with Gasteiger partial charge in [0.15, 0.2) is 18.1 Å². The molecule has 2 amide bonds. The van der Waals surface area contributed by atoms with E-state index in [2.05, 4.69) is 5.32 Å². The number of methoxy groups -OCH3 is 1. The molecular weight excluding hydrogens is 388 g/mol. The molecule has 3 rings (SSSR count). The Bertz CT molecular complexity index is 862. The number of nitrogens with zero attached hydrogens (tertiary/aromatic N) is 1. The Labute approximate surface area is 175 Å². The number of ether oxygens (including phenoxy) is 4. The van der Waals surface area contributed by atoms with Crippen molar-refractivity contribution in [2.24, 2.45) is 0 Å². The van der Waals surface area contributed by atoms with E-state index in [0.717, 1.165) is 0 Å². The maximum absolute atomic E-state index is 12.6. The molecule has 0 aromatic heterocycles. The van der Waals surface area contributed by atoms with Crippen LogP contribution in [0.25, 0.3) is 0 Å². The van der Waals surface area contributed by atoms with Crippen LogP contribution in [0.4, 0.5) is 5.69 Å². The molecule has 2 aromatic carbocycles. The zero-order valence-electron chi connectivity index (χ0n) is 17.2. The van der Waals surface area contributed by atoms with Gasteiger partial charge in [-0.15, -0.1) is 0 Å². The summed E-state index contributed by atoms with van der Waals surface area (Å²) in [6.07, 6.45) is 0. The van der Waals surface area contributed by atoms with Gasteiger partial charge in [0, 0.05) is 24.3 Å². The van der Waals surface area contributed by atoms with Crippen molar-refractivity contribution in [3.05, 3.63) is 48.0 Å². The summed E-state index contributed by atoms with van der Waals surface area (Å²) < 4.78 is 21.7. The van der Waals surface area contributed by atoms with Gasteiger partial charge in [0.05, 0.1) is 26.9 Å². The van der Waals surface area contributed by atoms with Crippen molar-refractivity contribution in [2.75, 3.05) is 51.9 Å². The third-order valence-electron chi connectivity index (χ3n) is 4.57. The molecule has 0 atom stereocenters. The van der Waals surface area contributed by atoms with Crippen LogP contribution >= 0.6 is 0 Å². The zero-order valence-corrected chi connectivity index (χ0v) is 17.2. The fourth-order valence-corrected chi connectivity index (χ4v) is 2.96. The predicted molar refractivity (Wildman–Crippen MR) is 111 cm³/mol. The van der Waals surface area contributed by atoms with Gasteiger partial charge >= 0.3 is 0 Å². The molecule has 160 valence electrons. The Morgan fingerprint density at radius 3 is 2.43 bits per heavy atom. The van der Waals surface area contributed by atoms with E-state index in [-0.39, 0.29) is 18.4 Å². The SMILES string of the molecule is CCOc1cc(C(=O)Nc2ccc(OC)cc2)ccc1OCC(=O)N1CCOCC1. The molecule has 0 bridgehead atoms. The quantitative estimate of drug-likeness (QED) is 0.715. The first-order valence-corrected chi connectivity index (χ1v) is 9.81. The van der Waals surface area contributed by atoms with Crippen molar-refractivity contribution < 1.29 is 28.5 Å². The maximum atomic E-state index is 12.6. The second kappa shape index (κ2) is 10.5. The summed E-state index contributed by atoms with van der Waals surface area (Å²) in [6.45, 7) is 4.33. The average molecular weight is 414 g/mol. The molecule has 1 N–H and O–H groups in total. The van der Waals surface area contributed by atoms with Gasteiger partial charge in [-0.3, -0.25) is 9.59 Å². The summed E-state index contributed by atoms with van der Waals surface area (Å²) >= 11 is 0. The van der Waals surface area contributed by atoms with E-state index < -0.39 is 0 Å². The first-order valence-electron chi connectivity index (χ1n) is 9.81. The minimum absolute atomic E-state index is 0.0997. The van der Waals surface area contributed by atoms with Crippen LogP contribution in [0.1, 0.15) is 17.3 Å². The second-order valence-corrected chi connectivity index (χ2v) is 6.56. The molecule has 8 heteroatoms. The highest BCUT2D eigenvalue weighted by atomic mass is 16.5. The van der Waals surface area contributed by atoms with Gasteiger partial charge in [-0.2, -0.15) is 0 Å². The lowest BCUT2D eigenvalue weighted by atomic mass is 10.1. The van der Waals surface area contributed by atoms with Crippen LogP contribution in [0.5, 0.6) is 17.2 Å². The van der Waals surface area contributed by atoms with Crippen LogP contribution in [0, 0.1) is 0 Å². The monoisotopic (exact) mass is 414 g/mol. The van der Waals surface area contributed by atoms with Gasteiger partial charge in [0.25, 0.3) is 11.8 Å². The molecular formula is C22H26N2O6. The largest absolute Gasteiger partial charge is 0.497 e. The molecule has 1 fully saturated rings. The van der Waals surface area contributed by atoms with Crippen molar-refractivity contribution in [1.82, 2.24) is 4.90 Å². The van der Waals surface area contributed by atoms with Crippen LogP contribution in [-0.2, 0) is 9.53 Å². The first kappa shape index (κ1) is 21.4. The number of amides is 2. The van der Waals surface area contributed by atoms with E-state index in [1.165, 1.54) is 0 Å². The van der Waals surface area contributed by atoms with Gasteiger partial charge in [0.2, 0.25) is 0 Å². The first-order chi connectivity index (χ1) is 14.6. The van der Waals surface area contributed by atoms with Crippen molar-refractivity contribution in [3.8, 4) is 17.2 Å². The Hall–Kier alpha value is -3.26. The fraction of sp³-hybridized carbons (Fsp3) is 0.364. The fourth-order valence-electron chi connectivity index (χ4n) is 2.96. The van der Waals surface area contributed by atoms with Crippen LogP contribution in [0.2, 0.25) is 0 Å². The smallest absolute Gasteiger partial charge is 0.260 e. The van der Waals surface area contributed by atoms with E-state index in [9.17, 15) is 9.59 Å². The summed E-state index contributed by atoms with van der Waals surface area (Å²) in [6, 6.07) is 11.9. The van der Waals surface area contributed by atoms with E-state index in [0.29, 0.717) is 61.4 Å². The van der Waals surface area contributed by atoms with E-state index in [1.807, 2.05) is 6.92 Å². The maximum Gasteiger partial charge on any atom is 0.260 e. The number of benzene rings is 2. The zero-order chi connectivity index (χ0) is 21.3. The standard InChI is InChI=1S/C22H26N2O6/c1-3-29-20-14-16(22(26)23-17-5-7-18(27-2)8-6-17)4-9-19(20)30-15-21(25)24-10-12-28-13-11-24/h4-9,14H,3,10-13,15H2,1-2H3,(H,23,26). The molecule has 8 nitrogen and oxygen atoms in total. The Kier molecular flexibility index (Phi) is 7.51. The van der Waals surface area contributed by atoms with E-state index >= 15 is 0 Å². The summed E-state index contributed by atoms with van der Waals surface area (Å²) in [4.78, 5) is 26.6. The topological polar surface area (TPSA) is 86.3 Å². The van der Waals surface area contributed by atoms with Crippen molar-refractivity contribution in [3.63, 3.8) is 0 Å². The van der Waals surface area contributed by atoms with Crippen LogP contribution < -0.4 is 19.5 Å². The van der Waals surface area contributed by atoms with E-state index in [4.69, 9.17) is 18.9 Å². The third kappa shape index (κ3) is 5.64. The highest BCUT2D eigenvalue weighted by Gasteiger charge is 2.18. The van der Waals surface area contributed by atoms with Crippen molar-refractivity contribution >= 4 is 17.5 Å². The van der Waals surface area contributed by atoms with Crippen LogP contribution in [0.15, 0.2) is 42.5 Å². The van der Waals surface area contributed by atoms with E-state index in [1.54, 1.807) is 54.5 Å². The predicted octanol–water partition coefficient (Wildman–Crippen LogP) is 2.58. The summed E-state index contributed by atoms with van der Waals surface area (Å²) in [5, 5.41) is 2.83. The molecule has 1 heterocycles. The summed E-state index contributed by atoms with van der Waals surface area (Å²) in [7, 11) is 1.58. The van der Waals surface area contributed by atoms with Gasteiger partial charge in [-0.1, -0.05) is 0 Å². The molecule has 1 saturated heterocycles. The van der Waals surface area contributed by atoms with Gasteiger partial charge < -0.3 is 29.2 Å². The number of carbonyl (C=O) groups is 2. The lowest BCUT2D eigenvalue weighted by molar-refractivity contribution is -0.137. The third-order valence-corrected chi connectivity index (χ3v) is 4.57. The molecule has 1 aliphatic heterocycles. The number of morpholine rings is 1. The highest BCUT2D eigenvalue weighted by molar-refractivity contribution is 6.04. The number of carbonyl (C=O) groups excluding carboxylic acids is 2. The average Bonchev–Trinajstić information content (AvgIpc) is 2.79. The molecule has 1 aliphatic rings. The van der Waals surface area contributed by atoms with Crippen molar-refractivity contribution in [1.29, 1.82) is 0 Å². The minimum Gasteiger partial charge on any atom is -0.497 e. The van der Waals surface area contributed by atoms with Gasteiger partial charge in [0.1, 0.15) is 5.75 Å². The number of hydrogen-bond donors (Lipinski definition) is 1. The molecule has 30 heavy (non-hydrogen) atoms. The number of nitrogens with one attached hydrogen (secondary N) is 1. The minimum atomic E-state index is -0.280. The second-order valence-electron chi connectivity index (χ2n) is 6.56. The summed E-state index contributed by atoms with van der Waals surface area (Å²) in [5.41, 5.74) is 1.07. The Morgan fingerprint density at radius 1 is 1.03 bits per heavy atom. The summed E-state index contributed by atoms with van der Waals surface area (Å²) in [5.74, 6) is 1.15. The number of hydrogen-bond acceptors (Lipinski definition) is 6. The highest BCUT2D eigenvalue weighted by Crippen LogP contribution is 2.29. The number of rotatable bonds is 8. The molecule has 2 aromatic rings. The van der Waals surface area contributed by atoms with Gasteiger partial charge in [-0.05, 0) is 49.4 Å². The van der Waals surface area contributed by atoms with Crippen LogP contribution in [-0.4, -0.2) is 63.3 Å². The molecule has 0 radical (unpaired) electrons. The molecule has 0 spiro atoms.